The van der Waals surface area contributed by atoms with E-state index >= 15 is 0 Å². The summed E-state index contributed by atoms with van der Waals surface area (Å²) in [6.45, 7) is -0.770. The van der Waals surface area contributed by atoms with Crippen molar-refractivity contribution in [2.24, 2.45) is 0 Å². The minimum absolute atomic E-state index is 0.770. The highest BCUT2D eigenvalue weighted by atomic mass is 32.2. The SMILES string of the molecule is O=C1O[C@@H]([C@@H](O)CO)[C@]2(O)S(=O)[C@]12O. The maximum Gasteiger partial charge on any atom is 0.356 e. The third-order valence-electron chi connectivity index (χ3n) is 2.43. The quantitative estimate of drug-likeness (QED) is 0.282. The Morgan fingerprint density at radius 1 is 1.57 bits per heavy atom. The number of rotatable bonds is 2. The number of aliphatic hydroxyl groups is 4. The molecule has 2 heterocycles. The van der Waals surface area contributed by atoms with E-state index in [4.69, 9.17) is 10.2 Å². The Labute approximate surface area is 80.4 Å². The van der Waals surface area contributed by atoms with Gasteiger partial charge in [-0.15, -0.1) is 0 Å². The topological polar surface area (TPSA) is 124 Å². The second-order valence-corrected chi connectivity index (χ2v) is 4.94. The van der Waals surface area contributed by atoms with Gasteiger partial charge in [-0.2, -0.15) is 0 Å². The fourth-order valence-electron chi connectivity index (χ4n) is 1.53. The van der Waals surface area contributed by atoms with Crippen molar-refractivity contribution >= 4 is 16.8 Å². The van der Waals surface area contributed by atoms with E-state index in [1.165, 1.54) is 0 Å². The Morgan fingerprint density at radius 2 is 2.14 bits per heavy atom. The molecule has 2 saturated heterocycles. The molecule has 0 bridgehead atoms. The molecule has 4 N–H and O–H groups in total. The van der Waals surface area contributed by atoms with E-state index in [1.807, 2.05) is 0 Å². The van der Waals surface area contributed by atoms with Crippen molar-refractivity contribution in [1.82, 2.24) is 0 Å². The van der Waals surface area contributed by atoms with Crippen LogP contribution in [0, 0.1) is 0 Å². The predicted octanol–water partition coefficient (Wildman–Crippen LogP) is -3.60. The van der Waals surface area contributed by atoms with Crippen LogP contribution in [0.25, 0.3) is 0 Å². The van der Waals surface area contributed by atoms with Crippen LogP contribution in [-0.4, -0.2) is 59.3 Å². The number of carbonyl (C=O) groups is 1. The van der Waals surface area contributed by atoms with E-state index in [0.29, 0.717) is 0 Å². The molecule has 0 aromatic carbocycles. The van der Waals surface area contributed by atoms with Gasteiger partial charge in [0.2, 0.25) is 4.93 Å². The summed E-state index contributed by atoms with van der Waals surface area (Å²) in [4.78, 5) is 6.24. The van der Waals surface area contributed by atoms with E-state index in [1.54, 1.807) is 0 Å². The van der Waals surface area contributed by atoms with E-state index < -0.39 is 45.4 Å². The molecule has 8 heteroatoms. The molecule has 14 heavy (non-hydrogen) atoms. The van der Waals surface area contributed by atoms with E-state index in [9.17, 15) is 19.2 Å². The Morgan fingerprint density at radius 3 is 2.50 bits per heavy atom. The molecule has 2 aliphatic heterocycles. The van der Waals surface area contributed by atoms with Gasteiger partial charge in [-0.1, -0.05) is 0 Å². The lowest BCUT2D eigenvalue weighted by atomic mass is 10.1. The monoisotopic (exact) mass is 224 g/mol. The summed E-state index contributed by atoms with van der Waals surface area (Å²) in [5, 5.41) is 36.6. The summed E-state index contributed by atoms with van der Waals surface area (Å²) in [7, 11) is -2.20. The summed E-state index contributed by atoms with van der Waals surface area (Å²) in [5.74, 6) is -1.24. The van der Waals surface area contributed by atoms with Gasteiger partial charge in [0, 0.05) is 0 Å². The van der Waals surface area contributed by atoms with Crippen molar-refractivity contribution in [3.05, 3.63) is 0 Å². The first kappa shape index (κ1) is 9.99. The number of esters is 1. The highest BCUT2D eigenvalue weighted by Crippen LogP contribution is 2.57. The second kappa shape index (κ2) is 2.52. The van der Waals surface area contributed by atoms with Gasteiger partial charge in [0.1, 0.15) is 16.9 Å². The van der Waals surface area contributed by atoms with Gasteiger partial charge in [0.15, 0.2) is 6.10 Å². The van der Waals surface area contributed by atoms with Gasteiger partial charge in [-0.3, -0.25) is 4.21 Å². The first-order valence-electron chi connectivity index (χ1n) is 3.77. The zero-order chi connectivity index (χ0) is 10.7. The molecule has 7 nitrogen and oxygen atoms in total. The third kappa shape index (κ3) is 0.766. The van der Waals surface area contributed by atoms with Crippen LogP contribution in [0.2, 0.25) is 0 Å². The molecular formula is C6H8O7S. The van der Waals surface area contributed by atoms with E-state index in [2.05, 4.69) is 4.74 Å². The van der Waals surface area contributed by atoms with Crippen LogP contribution in [0.1, 0.15) is 0 Å². The van der Waals surface area contributed by atoms with Crippen LogP contribution in [0.4, 0.5) is 0 Å². The molecule has 2 rings (SSSR count). The van der Waals surface area contributed by atoms with Gasteiger partial charge < -0.3 is 25.2 Å². The van der Waals surface area contributed by atoms with Crippen LogP contribution in [0.3, 0.4) is 0 Å². The van der Waals surface area contributed by atoms with Gasteiger partial charge in [0.25, 0.3) is 4.93 Å². The van der Waals surface area contributed by atoms with Crippen LogP contribution in [0.5, 0.6) is 0 Å². The number of aliphatic hydroxyl groups excluding tert-OH is 2. The van der Waals surface area contributed by atoms with Crippen LogP contribution in [0.15, 0.2) is 0 Å². The first-order chi connectivity index (χ1) is 6.40. The van der Waals surface area contributed by atoms with Gasteiger partial charge in [-0.05, 0) is 0 Å². The van der Waals surface area contributed by atoms with Gasteiger partial charge in [-0.25, -0.2) is 4.79 Å². The number of hydrogen-bond donors (Lipinski definition) is 4. The minimum Gasteiger partial charge on any atom is -0.452 e. The van der Waals surface area contributed by atoms with Crippen molar-refractivity contribution < 1.29 is 34.2 Å². The first-order valence-corrected chi connectivity index (χ1v) is 4.92. The average molecular weight is 224 g/mol. The lowest BCUT2D eigenvalue weighted by molar-refractivity contribution is -0.153. The summed E-state index contributed by atoms with van der Waals surface area (Å²) in [6, 6.07) is 0. The maximum atomic E-state index is 11.1. The number of carbonyl (C=O) groups excluding carboxylic acids is 1. The van der Waals surface area contributed by atoms with Gasteiger partial charge >= 0.3 is 5.97 Å². The van der Waals surface area contributed by atoms with Gasteiger partial charge in [0.05, 0.1) is 6.61 Å². The van der Waals surface area contributed by atoms with Crippen LogP contribution in [-0.2, 0) is 20.3 Å². The fraction of sp³-hybridized carbons (Fsp3) is 0.833. The summed E-state index contributed by atoms with van der Waals surface area (Å²) >= 11 is 0. The maximum absolute atomic E-state index is 11.1. The normalized spacial score (nSPS) is 52.4. The molecule has 2 fully saturated rings. The van der Waals surface area contributed by atoms with Crippen molar-refractivity contribution in [3.63, 3.8) is 0 Å². The molecular weight excluding hydrogens is 216 g/mol. The van der Waals surface area contributed by atoms with Crippen LogP contribution < -0.4 is 0 Å². The number of hydrogen-bond acceptors (Lipinski definition) is 7. The molecule has 0 radical (unpaired) electrons. The Balaban J connectivity index is 2.34. The van der Waals surface area contributed by atoms with Crippen molar-refractivity contribution in [1.29, 1.82) is 0 Å². The third-order valence-corrected chi connectivity index (χ3v) is 4.33. The Kier molecular flexibility index (Phi) is 1.80. The number of ether oxygens (including phenoxy) is 1. The smallest absolute Gasteiger partial charge is 0.356 e. The molecule has 0 amide bonds. The Bertz CT molecular complexity index is 320. The standard InChI is InChI=1S/C6H8O7S/c7-1-2(8)3-5(10)6(11,14(5)12)4(9)13-3/h2-3,7-8,10-11H,1H2/t2-,3-,5-,6+,14?/m0/s1. The molecule has 0 aliphatic carbocycles. The summed E-state index contributed by atoms with van der Waals surface area (Å²) < 4.78 is 15.5. The highest BCUT2D eigenvalue weighted by molar-refractivity contribution is 7.96. The molecule has 0 saturated carbocycles. The zero-order valence-electron chi connectivity index (χ0n) is 6.78. The molecule has 2 aliphatic rings. The lowest BCUT2D eigenvalue weighted by Crippen LogP contribution is -2.42. The second-order valence-electron chi connectivity index (χ2n) is 3.19. The molecule has 0 aromatic heterocycles. The molecule has 0 aromatic rings. The summed E-state index contributed by atoms with van der Waals surface area (Å²) in [6.07, 6.45) is -3.12. The highest BCUT2D eigenvalue weighted by Gasteiger charge is 2.91. The predicted molar refractivity (Wildman–Crippen MR) is 41.0 cm³/mol. The minimum atomic E-state index is -2.44. The number of cyclic esters (lactones) is 1. The Hall–Kier alpha value is -0.540. The fourth-order valence-corrected chi connectivity index (χ4v) is 3.04. The van der Waals surface area contributed by atoms with E-state index in [-0.39, 0.29) is 0 Å². The molecule has 5 atom stereocenters. The molecule has 1 unspecified atom stereocenters. The van der Waals surface area contributed by atoms with Crippen molar-refractivity contribution in [2.45, 2.75) is 22.1 Å². The lowest BCUT2D eigenvalue weighted by Gasteiger charge is -2.18. The van der Waals surface area contributed by atoms with Crippen molar-refractivity contribution in [3.8, 4) is 0 Å². The molecule has 0 spiro atoms. The largest absolute Gasteiger partial charge is 0.452 e. The van der Waals surface area contributed by atoms with Crippen LogP contribution >= 0.6 is 0 Å². The molecule has 80 valence electrons. The number of fused-ring (bicyclic) bond motifs is 1. The van der Waals surface area contributed by atoms with E-state index in [0.717, 1.165) is 0 Å². The van der Waals surface area contributed by atoms with Crippen molar-refractivity contribution in [2.75, 3.05) is 6.61 Å². The zero-order valence-corrected chi connectivity index (χ0v) is 7.60. The summed E-state index contributed by atoms with van der Waals surface area (Å²) in [5.41, 5.74) is 0. The average Bonchev–Trinajstić information content (AvgIpc) is 2.50.